The third kappa shape index (κ3) is 4.03. The Morgan fingerprint density at radius 2 is 1.46 bits per heavy atom. The molecule has 0 bridgehead atoms. The molecule has 4 rings (SSSR count). The lowest BCUT2D eigenvalue weighted by Crippen LogP contribution is -2.33. The molecule has 2 heteroatoms. The van der Waals surface area contributed by atoms with E-state index in [2.05, 4.69) is 59.5 Å². The van der Waals surface area contributed by atoms with E-state index < -0.39 is 0 Å². The molecule has 1 nitrogen and oxygen atoms in total. The van der Waals surface area contributed by atoms with Gasteiger partial charge in [-0.2, -0.15) is 0 Å². The summed E-state index contributed by atoms with van der Waals surface area (Å²) < 4.78 is 13.1. The molecular formula is C24H24FN. The van der Waals surface area contributed by atoms with Gasteiger partial charge in [-0.05, 0) is 59.7 Å². The van der Waals surface area contributed by atoms with Crippen LogP contribution in [0.4, 0.5) is 4.39 Å². The van der Waals surface area contributed by atoms with Gasteiger partial charge in [0, 0.05) is 13.1 Å². The van der Waals surface area contributed by atoms with Gasteiger partial charge in [-0.15, -0.1) is 0 Å². The van der Waals surface area contributed by atoms with Crippen LogP contribution in [0.5, 0.6) is 0 Å². The minimum Gasteiger partial charge on any atom is -0.298 e. The van der Waals surface area contributed by atoms with E-state index in [1.165, 1.54) is 42.6 Å². The first kappa shape index (κ1) is 17.0. The lowest BCUT2D eigenvalue weighted by molar-refractivity contribution is 0.200. The molecule has 0 aromatic heterocycles. The number of likely N-dealkylation sites (tertiary alicyclic amines) is 1. The third-order valence-corrected chi connectivity index (χ3v) is 5.31. The predicted octanol–water partition coefficient (Wildman–Crippen LogP) is 5.87. The van der Waals surface area contributed by atoms with E-state index in [4.69, 9.17) is 0 Å². The fraction of sp³-hybridized carbons (Fsp3) is 0.250. The van der Waals surface area contributed by atoms with Crippen molar-refractivity contribution < 1.29 is 4.39 Å². The van der Waals surface area contributed by atoms with Crippen LogP contribution in [-0.2, 0) is 6.54 Å². The molecule has 0 amide bonds. The second-order valence-corrected chi connectivity index (χ2v) is 7.19. The smallest absolute Gasteiger partial charge is 0.123 e. The Morgan fingerprint density at radius 3 is 2.15 bits per heavy atom. The number of benzene rings is 3. The average molecular weight is 345 g/mol. The first-order chi connectivity index (χ1) is 12.8. The van der Waals surface area contributed by atoms with Gasteiger partial charge in [0.1, 0.15) is 5.82 Å². The van der Waals surface area contributed by atoms with E-state index in [1.54, 1.807) is 0 Å². The summed E-state index contributed by atoms with van der Waals surface area (Å²) in [4.78, 5) is 2.57. The van der Waals surface area contributed by atoms with Crippen LogP contribution in [0.25, 0.3) is 11.1 Å². The maximum atomic E-state index is 13.1. The van der Waals surface area contributed by atoms with E-state index in [9.17, 15) is 4.39 Å². The van der Waals surface area contributed by atoms with Crippen molar-refractivity contribution in [2.75, 3.05) is 13.1 Å². The Labute approximate surface area is 155 Å². The highest BCUT2D eigenvalue weighted by atomic mass is 19.1. The van der Waals surface area contributed by atoms with Gasteiger partial charge in [0.05, 0.1) is 0 Å². The van der Waals surface area contributed by atoms with Crippen LogP contribution >= 0.6 is 0 Å². The summed E-state index contributed by atoms with van der Waals surface area (Å²) in [6, 6.07) is 26.3. The molecule has 1 fully saturated rings. The van der Waals surface area contributed by atoms with Gasteiger partial charge in [-0.25, -0.2) is 4.39 Å². The molecule has 1 saturated heterocycles. The Kier molecular flexibility index (Phi) is 5.12. The Balaban J connectivity index is 1.44. The SMILES string of the molecule is Fc1ccc(-c2ccc([C@H]3CCCN(Cc4ccccc4)C3)cc2)cc1. The van der Waals surface area contributed by atoms with Crippen molar-refractivity contribution in [2.24, 2.45) is 0 Å². The normalized spacial score (nSPS) is 18.0. The van der Waals surface area contributed by atoms with Crippen LogP contribution in [-0.4, -0.2) is 18.0 Å². The number of halogens is 1. The number of nitrogens with zero attached hydrogens (tertiary/aromatic N) is 1. The van der Waals surface area contributed by atoms with Crippen LogP contribution in [0.2, 0.25) is 0 Å². The van der Waals surface area contributed by atoms with Crippen molar-refractivity contribution in [3.63, 3.8) is 0 Å². The highest BCUT2D eigenvalue weighted by Gasteiger charge is 2.21. The molecule has 0 spiro atoms. The molecule has 26 heavy (non-hydrogen) atoms. The van der Waals surface area contributed by atoms with Gasteiger partial charge in [0.25, 0.3) is 0 Å². The zero-order valence-corrected chi connectivity index (χ0v) is 14.9. The number of rotatable bonds is 4. The average Bonchev–Trinajstić information content (AvgIpc) is 2.70. The topological polar surface area (TPSA) is 3.24 Å². The summed E-state index contributed by atoms with van der Waals surface area (Å²) in [7, 11) is 0. The van der Waals surface area contributed by atoms with Crippen LogP contribution < -0.4 is 0 Å². The molecule has 0 unspecified atom stereocenters. The van der Waals surface area contributed by atoms with Crippen LogP contribution in [0, 0.1) is 5.82 Å². The largest absolute Gasteiger partial charge is 0.298 e. The van der Waals surface area contributed by atoms with Gasteiger partial charge in [-0.3, -0.25) is 4.90 Å². The van der Waals surface area contributed by atoms with E-state index in [1.807, 2.05) is 12.1 Å². The molecule has 0 N–H and O–H groups in total. The van der Waals surface area contributed by atoms with Crippen molar-refractivity contribution in [3.8, 4) is 11.1 Å². The molecule has 1 aliphatic rings. The third-order valence-electron chi connectivity index (χ3n) is 5.31. The number of piperidine rings is 1. The lowest BCUT2D eigenvalue weighted by atomic mass is 9.89. The Bertz CT molecular complexity index is 824. The van der Waals surface area contributed by atoms with Gasteiger partial charge in [-0.1, -0.05) is 66.7 Å². The molecule has 1 atom stereocenters. The standard InChI is InChI=1S/C24H24FN/c25-24-14-12-21(13-15-24)20-8-10-22(11-9-20)23-7-4-16-26(18-23)17-19-5-2-1-3-6-19/h1-3,5-6,8-15,23H,4,7,16-18H2/t23-/m0/s1. The zero-order chi connectivity index (χ0) is 17.8. The minimum atomic E-state index is -0.189. The summed E-state index contributed by atoms with van der Waals surface area (Å²) in [6.45, 7) is 3.33. The molecule has 0 saturated carbocycles. The number of hydrogen-bond donors (Lipinski definition) is 0. The highest BCUT2D eigenvalue weighted by molar-refractivity contribution is 5.63. The maximum Gasteiger partial charge on any atom is 0.123 e. The van der Waals surface area contributed by atoms with Crippen molar-refractivity contribution in [3.05, 3.63) is 95.8 Å². The molecule has 1 heterocycles. The second-order valence-electron chi connectivity index (χ2n) is 7.19. The van der Waals surface area contributed by atoms with Crippen LogP contribution in [0.1, 0.15) is 29.9 Å². The molecule has 3 aromatic rings. The monoisotopic (exact) mass is 345 g/mol. The van der Waals surface area contributed by atoms with Gasteiger partial charge in [0.2, 0.25) is 0 Å². The Hall–Kier alpha value is -2.45. The van der Waals surface area contributed by atoms with Gasteiger partial charge in [0.15, 0.2) is 0 Å². The first-order valence-electron chi connectivity index (χ1n) is 9.40. The first-order valence-corrected chi connectivity index (χ1v) is 9.40. The van der Waals surface area contributed by atoms with Crippen molar-refractivity contribution in [2.45, 2.75) is 25.3 Å². The van der Waals surface area contributed by atoms with E-state index in [0.717, 1.165) is 24.2 Å². The Morgan fingerprint density at radius 1 is 0.808 bits per heavy atom. The second kappa shape index (κ2) is 7.84. The molecule has 1 aliphatic heterocycles. The molecule has 0 aliphatic carbocycles. The maximum absolute atomic E-state index is 13.1. The summed E-state index contributed by atoms with van der Waals surface area (Å²) in [5.41, 5.74) is 5.01. The van der Waals surface area contributed by atoms with E-state index in [0.29, 0.717) is 5.92 Å². The number of hydrogen-bond acceptors (Lipinski definition) is 1. The lowest BCUT2D eigenvalue weighted by Gasteiger charge is -2.33. The quantitative estimate of drug-likeness (QED) is 0.571. The molecular weight excluding hydrogens is 321 g/mol. The molecule has 0 radical (unpaired) electrons. The summed E-state index contributed by atoms with van der Waals surface area (Å²) in [6.07, 6.45) is 2.50. The predicted molar refractivity (Wildman–Crippen MR) is 106 cm³/mol. The van der Waals surface area contributed by atoms with Crippen molar-refractivity contribution >= 4 is 0 Å². The van der Waals surface area contributed by atoms with E-state index in [-0.39, 0.29) is 5.82 Å². The fourth-order valence-electron chi connectivity index (χ4n) is 3.90. The van der Waals surface area contributed by atoms with Gasteiger partial charge < -0.3 is 0 Å². The highest BCUT2D eigenvalue weighted by Crippen LogP contribution is 2.29. The zero-order valence-electron chi connectivity index (χ0n) is 14.9. The van der Waals surface area contributed by atoms with Gasteiger partial charge >= 0.3 is 0 Å². The summed E-state index contributed by atoms with van der Waals surface area (Å²) in [5.74, 6) is 0.404. The molecule has 132 valence electrons. The van der Waals surface area contributed by atoms with Crippen molar-refractivity contribution in [1.29, 1.82) is 0 Å². The fourth-order valence-corrected chi connectivity index (χ4v) is 3.90. The van der Waals surface area contributed by atoms with Crippen molar-refractivity contribution in [1.82, 2.24) is 4.90 Å². The van der Waals surface area contributed by atoms with Crippen LogP contribution in [0.3, 0.4) is 0 Å². The van der Waals surface area contributed by atoms with Crippen LogP contribution in [0.15, 0.2) is 78.9 Å². The molecule has 3 aromatic carbocycles. The summed E-state index contributed by atoms with van der Waals surface area (Å²) >= 11 is 0. The summed E-state index contributed by atoms with van der Waals surface area (Å²) in [5, 5.41) is 0. The van der Waals surface area contributed by atoms with E-state index >= 15 is 0 Å². The minimum absolute atomic E-state index is 0.189.